The highest BCUT2D eigenvalue weighted by Crippen LogP contribution is 2.29. The van der Waals surface area contributed by atoms with Crippen LogP contribution < -0.4 is 15.7 Å². The molecule has 23 heavy (non-hydrogen) atoms. The van der Waals surface area contributed by atoms with Crippen molar-refractivity contribution in [3.63, 3.8) is 0 Å². The first kappa shape index (κ1) is 17.6. The van der Waals surface area contributed by atoms with Crippen LogP contribution in [0.4, 0.5) is 5.69 Å². The first-order valence-electron chi connectivity index (χ1n) is 7.11. The van der Waals surface area contributed by atoms with Gasteiger partial charge < -0.3 is 9.74 Å². The average molecular weight is 339 g/mol. The van der Waals surface area contributed by atoms with Crippen LogP contribution in [0.1, 0.15) is 6.42 Å². The average Bonchev–Trinajstić information content (AvgIpc) is 2.53. The summed E-state index contributed by atoms with van der Waals surface area (Å²) in [6.45, 7) is 0.465. The van der Waals surface area contributed by atoms with Crippen LogP contribution >= 0.6 is 0 Å². The van der Waals surface area contributed by atoms with Gasteiger partial charge in [-0.05, 0) is 18.6 Å². The number of nitrogens with one attached hydrogen (secondary N) is 1. The molecule has 2 aromatic carbocycles. The van der Waals surface area contributed by atoms with E-state index in [0.29, 0.717) is 18.4 Å². The molecular weight excluding hydrogens is 318 g/mol. The standard InChI is InChI=1S/C15H21N3O4S/c1-18(2)14-8-3-7-13-12(14)6-4-9-15(13)23(19,20)17-22-11-5-10-21-16/h3-4,6-9,17H,5,10-11,16H2,1-2H3. The Labute approximate surface area is 135 Å². The van der Waals surface area contributed by atoms with Gasteiger partial charge in [0.05, 0.1) is 18.1 Å². The first-order chi connectivity index (χ1) is 11.0. The monoisotopic (exact) mass is 339 g/mol. The van der Waals surface area contributed by atoms with Crippen LogP contribution in [0.15, 0.2) is 41.3 Å². The molecular formula is C15H21N3O4S. The lowest BCUT2D eigenvalue weighted by Gasteiger charge is -2.17. The molecule has 0 amide bonds. The molecule has 0 aromatic heterocycles. The molecule has 8 heteroatoms. The molecule has 0 aliphatic heterocycles. The molecule has 0 saturated carbocycles. The van der Waals surface area contributed by atoms with Crippen LogP contribution in [0, 0.1) is 0 Å². The quantitative estimate of drug-likeness (QED) is 0.558. The SMILES string of the molecule is CN(C)c1cccc2c(S(=O)(=O)NOCCCON)cccc12. The van der Waals surface area contributed by atoms with Gasteiger partial charge in [0.1, 0.15) is 0 Å². The smallest absolute Gasteiger partial charge is 0.263 e. The molecule has 126 valence electrons. The summed E-state index contributed by atoms with van der Waals surface area (Å²) in [6.07, 6.45) is 0.485. The summed E-state index contributed by atoms with van der Waals surface area (Å²) in [6, 6.07) is 10.7. The van der Waals surface area contributed by atoms with Crippen molar-refractivity contribution in [3.8, 4) is 0 Å². The first-order valence-corrected chi connectivity index (χ1v) is 8.60. The molecule has 0 aliphatic rings. The number of nitrogens with two attached hydrogens (primary N) is 1. The van der Waals surface area contributed by atoms with Gasteiger partial charge in [0.2, 0.25) is 0 Å². The summed E-state index contributed by atoms with van der Waals surface area (Å²) >= 11 is 0. The molecule has 0 unspecified atom stereocenters. The van der Waals surface area contributed by atoms with Gasteiger partial charge in [0.15, 0.2) is 0 Å². The number of fused-ring (bicyclic) bond motifs is 1. The molecule has 2 aromatic rings. The van der Waals surface area contributed by atoms with E-state index in [1.807, 2.05) is 37.2 Å². The lowest BCUT2D eigenvalue weighted by Crippen LogP contribution is -2.25. The Hall–Kier alpha value is -1.71. The number of hydrogen-bond acceptors (Lipinski definition) is 6. The summed E-state index contributed by atoms with van der Waals surface area (Å²) in [5.41, 5.74) is 0.945. The van der Waals surface area contributed by atoms with Crippen LogP contribution in [0.2, 0.25) is 0 Å². The summed E-state index contributed by atoms with van der Waals surface area (Å²) < 4.78 is 24.9. The number of rotatable bonds is 8. The third kappa shape index (κ3) is 4.18. The van der Waals surface area contributed by atoms with Crippen molar-refractivity contribution < 1.29 is 18.1 Å². The van der Waals surface area contributed by atoms with Crippen molar-refractivity contribution in [1.29, 1.82) is 0 Å². The van der Waals surface area contributed by atoms with E-state index >= 15 is 0 Å². The van der Waals surface area contributed by atoms with Crippen molar-refractivity contribution in [2.45, 2.75) is 11.3 Å². The highest BCUT2D eigenvalue weighted by Gasteiger charge is 2.18. The third-order valence-corrected chi connectivity index (χ3v) is 4.58. The Morgan fingerprint density at radius 3 is 2.48 bits per heavy atom. The minimum absolute atomic E-state index is 0.171. The van der Waals surface area contributed by atoms with E-state index in [9.17, 15) is 8.42 Å². The van der Waals surface area contributed by atoms with Crippen LogP contribution in [0.25, 0.3) is 10.8 Å². The predicted molar refractivity (Wildman–Crippen MR) is 89.3 cm³/mol. The van der Waals surface area contributed by atoms with E-state index in [1.54, 1.807) is 18.2 Å². The van der Waals surface area contributed by atoms with E-state index in [1.165, 1.54) is 0 Å². The maximum Gasteiger partial charge on any atom is 0.263 e. The molecule has 0 heterocycles. The highest BCUT2D eigenvalue weighted by molar-refractivity contribution is 7.89. The zero-order chi connectivity index (χ0) is 16.9. The fraction of sp³-hybridized carbons (Fsp3) is 0.333. The van der Waals surface area contributed by atoms with Crippen molar-refractivity contribution in [1.82, 2.24) is 4.89 Å². The number of sulfonamides is 1. The molecule has 0 spiro atoms. The molecule has 7 nitrogen and oxygen atoms in total. The fourth-order valence-corrected chi connectivity index (χ4v) is 3.32. The van der Waals surface area contributed by atoms with Crippen molar-refractivity contribution >= 4 is 26.5 Å². The summed E-state index contributed by atoms with van der Waals surface area (Å²) in [7, 11) is 0.0477. The molecule has 3 N–H and O–H groups in total. The lowest BCUT2D eigenvalue weighted by molar-refractivity contribution is 0.0601. The maximum absolute atomic E-state index is 12.5. The van der Waals surface area contributed by atoms with Gasteiger partial charge in [-0.2, -0.15) is 0 Å². The maximum atomic E-state index is 12.5. The topological polar surface area (TPSA) is 93.9 Å². The Morgan fingerprint density at radius 2 is 1.78 bits per heavy atom. The number of nitrogens with zero attached hydrogens (tertiary/aromatic N) is 1. The van der Waals surface area contributed by atoms with E-state index < -0.39 is 10.0 Å². The highest BCUT2D eigenvalue weighted by atomic mass is 32.2. The van der Waals surface area contributed by atoms with Crippen molar-refractivity contribution in [2.75, 3.05) is 32.2 Å². The second-order valence-electron chi connectivity index (χ2n) is 5.18. The van der Waals surface area contributed by atoms with Crippen molar-refractivity contribution in [2.24, 2.45) is 5.90 Å². The van der Waals surface area contributed by atoms with Gasteiger partial charge in [-0.15, -0.1) is 0 Å². The minimum atomic E-state index is -3.78. The molecule has 0 bridgehead atoms. The number of benzene rings is 2. The van der Waals surface area contributed by atoms with Crippen molar-refractivity contribution in [3.05, 3.63) is 36.4 Å². The van der Waals surface area contributed by atoms with Crippen LogP contribution in [0.3, 0.4) is 0 Å². The normalized spacial score (nSPS) is 11.8. The van der Waals surface area contributed by atoms with Gasteiger partial charge in [0.25, 0.3) is 10.0 Å². The Morgan fingerprint density at radius 1 is 1.09 bits per heavy atom. The Balaban J connectivity index is 2.30. The van der Waals surface area contributed by atoms with Gasteiger partial charge in [-0.25, -0.2) is 14.3 Å². The second kappa shape index (κ2) is 7.71. The molecule has 0 atom stereocenters. The third-order valence-electron chi connectivity index (χ3n) is 3.31. The van der Waals surface area contributed by atoms with Gasteiger partial charge in [-0.1, -0.05) is 29.2 Å². The Bertz CT molecular complexity index is 762. The summed E-state index contributed by atoms with van der Waals surface area (Å²) in [5.74, 6) is 4.89. The fourth-order valence-electron chi connectivity index (χ4n) is 2.27. The number of anilines is 1. The Kier molecular flexibility index (Phi) is 5.91. The molecule has 0 aliphatic carbocycles. The molecule has 0 fully saturated rings. The summed E-state index contributed by atoms with van der Waals surface area (Å²) in [4.78, 5) is 13.6. The van der Waals surface area contributed by atoms with Gasteiger partial charge >= 0.3 is 0 Å². The number of hydrogen-bond donors (Lipinski definition) is 2. The predicted octanol–water partition coefficient (Wildman–Crippen LogP) is 1.40. The van der Waals surface area contributed by atoms with E-state index in [0.717, 1.165) is 11.1 Å². The molecule has 0 saturated heterocycles. The van der Waals surface area contributed by atoms with E-state index in [-0.39, 0.29) is 11.5 Å². The summed E-state index contributed by atoms with van der Waals surface area (Å²) in [5, 5.41) is 1.50. The van der Waals surface area contributed by atoms with Crippen LogP contribution in [-0.2, 0) is 19.7 Å². The van der Waals surface area contributed by atoms with E-state index in [4.69, 9.17) is 10.7 Å². The zero-order valence-corrected chi connectivity index (χ0v) is 14.0. The zero-order valence-electron chi connectivity index (χ0n) is 13.2. The van der Waals surface area contributed by atoms with Gasteiger partial charge in [-0.3, -0.25) is 4.84 Å². The molecule has 2 rings (SSSR count). The lowest BCUT2D eigenvalue weighted by atomic mass is 10.1. The minimum Gasteiger partial charge on any atom is -0.377 e. The van der Waals surface area contributed by atoms with Gasteiger partial charge in [0, 0.05) is 30.6 Å². The van der Waals surface area contributed by atoms with Crippen LogP contribution in [0.5, 0.6) is 0 Å². The molecule has 0 radical (unpaired) electrons. The second-order valence-corrected chi connectivity index (χ2v) is 6.80. The largest absolute Gasteiger partial charge is 0.377 e. The van der Waals surface area contributed by atoms with E-state index in [2.05, 4.69) is 9.72 Å². The van der Waals surface area contributed by atoms with Crippen LogP contribution in [-0.4, -0.2) is 35.7 Å².